The normalized spacial score (nSPS) is 11.3. The third-order valence-electron chi connectivity index (χ3n) is 2.56. The largest absolute Gasteiger partial charge is 0.398 e. The quantitative estimate of drug-likeness (QED) is 0.827. The first-order chi connectivity index (χ1) is 9.28. The van der Waals surface area contributed by atoms with Gasteiger partial charge >= 0.3 is 0 Å². The first kappa shape index (κ1) is 14.8. The molecule has 0 spiro atoms. The predicted molar refractivity (Wildman–Crippen MR) is 80.5 cm³/mol. The number of benzene rings is 2. The molecule has 7 heteroatoms. The molecule has 0 bridgehead atoms. The van der Waals surface area contributed by atoms with Crippen molar-refractivity contribution in [3.8, 4) is 0 Å². The highest BCUT2D eigenvalue weighted by Gasteiger charge is 2.18. The monoisotopic (exact) mass is 358 g/mol. The highest BCUT2D eigenvalue weighted by Crippen LogP contribution is 2.25. The van der Waals surface area contributed by atoms with Crippen LogP contribution in [0, 0.1) is 12.7 Å². The van der Waals surface area contributed by atoms with Crippen LogP contribution in [0.5, 0.6) is 0 Å². The minimum Gasteiger partial charge on any atom is -0.398 e. The molecular formula is C13H12BrFN2O2S. The fourth-order valence-corrected chi connectivity index (χ4v) is 3.30. The maximum atomic E-state index is 13.3. The lowest BCUT2D eigenvalue weighted by atomic mass is 10.2. The van der Waals surface area contributed by atoms with E-state index in [-0.39, 0.29) is 16.3 Å². The average Bonchev–Trinajstić information content (AvgIpc) is 2.25. The number of rotatable bonds is 3. The van der Waals surface area contributed by atoms with Gasteiger partial charge in [-0.2, -0.15) is 0 Å². The van der Waals surface area contributed by atoms with Crippen LogP contribution in [-0.4, -0.2) is 8.42 Å². The molecule has 4 nitrogen and oxygen atoms in total. The van der Waals surface area contributed by atoms with Crippen molar-refractivity contribution in [2.24, 2.45) is 0 Å². The summed E-state index contributed by atoms with van der Waals surface area (Å²) in [6.07, 6.45) is 0. The van der Waals surface area contributed by atoms with E-state index in [1.807, 2.05) is 0 Å². The molecule has 0 aliphatic rings. The van der Waals surface area contributed by atoms with Crippen molar-refractivity contribution >= 4 is 37.3 Å². The van der Waals surface area contributed by atoms with Gasteiger partial charge in [-0.3, -0.25) is 4.72 Å². The number of aryl methyl sites for hydroxylation is 1. The molecule has 0 radical (unpaired) electrons. The summed E-state index contributed by atoms with van der Waals surface area (Å²) in [6, 6.07) is 8.40. The summed E-state index contributed by atoms with van der Waals surface area (Å²) < 4.78 is 40.7. The highest BCUT2D eigenvalue weighted by molar-refractivity contribution is 9.10. The predicted octanol–water partition coefficient (Wildman–Crippen LogP) is 3.28. The molecule has 3 N–H and O–H groups in total. The topological polar surface area (TPSA) is 72.2 Å². The third-order valence-corrected chi connectivity index (χ3v) is 4.50. The lowest BCUT2D eigenvalue weighted by Crippen LogP contribution is -2.15. The molecule has 2 aromatic carbocycles. The first-order valence-electron chi connectivity index (χ1n) is 5.63. The summed E-state index contributed by atoms with van der Waals surface area (Å²) in [4.78, 5) is -0.0531. The maximum Gasteiger partial charge on any atom is 0.263 e. The van der Waals surface area contributed by atoms with Crippen molar-refractivity contribution in [3.63, 3.8) is 0 Å². The highest BCUT2D eigenvalue weighted by atomic mass is 79.9. The summed E-state index contributed by atoms with van der Waals surface area (Å²) in [7, 11) is -3.86. The van der Waals surface area contributed by atoms with Gasteiger partial charge in [0.25, 0.3) is 10.0 Å². The van der Waals surface area contributed by atoms with E-state index in [9.17, 15) is 12.8 Å². The Morgan fingerprint density at radius 2 is 1.90 bits per heavy atom. The summed E-state index contributed by atoms with van der Waals surface area (Å²) in [5.41, 5.74) is 6.58. The van der Waals surface area contributed by atoms with Crippen LogP contribution in [0.1, 0.15) is 5.56 Å². The molecule has 20 heavy (non-hydrogen) atoms. The molecule has 0 unspecified atom stereocenters. The minimum absolute atomic E-state index is 0.0531. The van der Waals surface area contributed by atoms with Crippen molar-refractivity contribution in [1.82, 2.24) is 0 Å². The summed E-state index contributed by atoms with van der Waals surface area (Å²) >= 11 is 3.20. The average molecular weight is 359 g/mol. The van der Waals surface area contributed by atoms with E-state index in [2.05, 4.69) is 20.7 Å². The molecule has 0 saturated carbocycles. The molecule has 0 heterocycles. The van der Waals surface area contributed by atoms with Gasteiger partial charge in [-0.1, -0.05) is 15.9 Å². The Morgan fingerprint density at radius 1 is 1.20 bits per heavy atom. The van der Waals surface area contributed by atoms with Gasteiger partial charge in [0.05, 0.1) is 11.4 Å². The molecule has 0 aliphatic heterocycles. The number of sulfonamides is 1. The van der Waals surface area contributed by atoms with Crippen LogP contribution in [0.3, 0.4) is 0 Å². The van der Waals surface area contributed by atoms with Crippen molar-refractivity contribution < 1.29 is 12.8 Å². The van der Waals surface area contributed by atoms with Gasteiger partial charge in [-0.05, 0) is 48.9 Å². The van der Waals surface area contributed by atoms with E-state index >= 15 is 0 Å². The molecular weight excluding hydrogens is 347 g/mol. The molecule has 0 amide bonds. The third kappa shape index (κ3) is 3.29. The van der Waals surface area contributed by atoms with Gasteiger partial charge in [0, 0.05) is 4.47 Å². The van der Waals surface area contributed by atoms with Gasteiger partial charge in [0.15, 0.2) is 0 Å². The smallest absolute Gasteiger partial charge is 0.263 e. The second-order valence-electron chi connectivity index (χ2n) is 4.30. The van der Waals surface area contributed by atoms with E-state index in [1.54, 1.807) is 13.0 Å². The lowest BCUT2D eigenvalue weighted by Gasteiger charge is -2.11. The van der Waals surface area contributed by atoms with Crippen molar-refractivity contribution in [2.45, 2.75) is 11.8 Å². The van der Waals surface area contributed by atoms with Crippen LogP contribution in [-0.2, 0) is 10.0 Å². The van der Waals surface area contributed by atoms with Gasteiger partial charge in [-0.25, -0.2) is 12.8 Å². The number of halogens is 2. The summed E-state index contributed by atoms with van der Waals surface area (Å²) in [6.45, 7) is 1.68. The number of nitrogens with two attached hydrogens (primary N) is 1. The first-order valence-corrected chi connectivity index (χ1v) is 7.90. The Hall–Kier alpha value is -1.60. The number of hydrogen-bond acceptors (Lipinski definition) is 3. The van der Waals surface area contributed by atoms with Crippen LogP contribution >= 0.6 is 15.9 Å². The van der Waals surface area contributed by atoms with Gasteiger partial charge in [-0.15, -0.1) is 0 Å². The van der Waals surface area contributed by atoms with E-state index in [0.717, 1.165) is 6.07 Å². The molecule has 0 aromatic heterocycles. The van der Waals surface area contributed by atoms with E-state index in [1.165, 1.54) is 24.3 Å². The van der Waals surface area contributed by atoms with Crippen LogP contribution in [0.4, 0.5) is 15.8 Å². The molecule has 0 fully saturated rings. The Morgan fingerprint density at radius 3 is 2.50 bits per heavy atom. The fourth-order valence-electron chi connectivity index (χ4n) is 1.77. The zero-order chi connectivity index (χ0) is 14.9. The van der Waals surface area contributed by atoms with Crippen molar-refractivity contribution in [3.05, 3.63) is 52.3 Å². The summed E-state index contributed by atoms with van der Waals surface area (Å²) in [5.74, 6) is -0.508. The zero-order valence-electron chi connectivity index (χ0n) is 10.5. The van der Waals surface area contributed by atoms with Crippen LogP contribution in [0.15, 0.2) is 45.8 Å². The van der Waals surface area contributed by atoms with Crippen LogP contribution in [0.2, 0.25) is 0 Å². The molecule has 2 rings (SSSR count). The molecule has 0 atom stereocenters. The van der Waals surface area contributed by atoms with Crippen LogP contribution in [0.25, 0.3) is 0 Å². The second kappa shape index (κ2) is 5.41. The van der Waals surface area contributed by atoms with E-state index in [4.69, 9.17) is 5.73 Å². The Labute approximate surface area is 125 Å². The standard InChI is InChI=1S/C13H12BrFN2O2S/c1-8-4-10(15)7-11(5-8)17-20(18,19)13-3-2-9(14)6-12(13)16/h2-7,17H,16H2,1H3. The lowest BCUT2D eigenvalue weighted by molar-refractivity contribution is 0.601. The van der Waals surface area contributed by atoms with E-state index in [0.29, 0.717) is 10.0 Å². The van der Waals surface area contributed by atoms with E-state index < -0.39 is 15.8 Å². The molecule has 106 valence electrons. The number of nitrogen functional groups attached to an aromatic ring is 1. The number of anilines is 2. The fraction of sp³-hybridized carbons (Fsp3) is 0.0769. The Bertz CT molecular complexity index is 743. The second-order valence-corrected chi connectivity index (χ2v) is 6.87. The molecule has 2 aromatic rings. The van der Waals surface area contributed by atoms with Crippen LogP contribution < -0.4 is 10.5 Å². The van der Waals surface area contributed by atoms with Crippen molar-refractivity contribution in [1.29, 1.82) is 0 Å². The SMILES string of the molecule is Cc1cc(F)cc(NS(=O)(=O)c2ccc(Br)cc2N)c1. The molecule has 0 aliphatic carbocycles. The van der Waals surface area contributed by atoms with Gasteiger partial charge in [0.1, 0.15) is 10.7 Å². The Kier molecular flexibility index (Phi) is 4.01. The summed E-state index contributed by atoms with van der Waals surface area (Å²) in [5, 5.41) is 0. The maximum absolute atomic E-state index is 13.3. The molecule has 0 saturated heterocycles. The van der Waals surface area contributed by atoms with Crippen molar-refractivity contribution in [2.75, 3.05) is 10.5 Å². The van der Waals surface area contributed by atoms with Gasteiger partial charge in [0.2, 0.25) is 0 Å². The Balaban J connectivity index is 2.40. The number of hydrogen-bond donors (Lipinski definition) is 2. The minimum atomic E-state index is -3.86. The zero-order valence-corrected chi connectivity index (χ0v) is 12.9. The number of nitrogens with one attached hydrogen (secondary N) is 1. The van der Waals surface area contributed by atoms with Gasteiger partial charge < -0.3 is 5.73 Å².